The Morgan fingerprint density at radius 1 is 1.27 bits per heavy atom. The van der Waals surface area contributed by atoms with Gasteiger partial charge < -0.3 is 15.0 Å². The first-order chi connectivity index (χ1) is 10.7. The normalized spacial score (nSPS) is 10.8. The summed E-state index contributed by atoms with van der Waals surface area (Å²) in [7, 11) is 1.32. The van der Waals surface area contributed by atoms with Crippen LogP contribution in [0.2, 0.25) is 0 Å². The molecule has 0 unspecified atom stereocenters. The zero-order valence-corrected chi connectivity index (χ0v) is 12.1. The molecule has 2 aromatic heterocycles. The van der Waals surface area contributed by atoms with Crippen molar-refractivity contribution in [1.29, 1.82) is 0 Å². The number of hydrogen-bond donors (Lipinski definition) is 1. The first kappa shape index (κ1) is 14.0. The molecule has 7 nitrogen and oxygen atoms in total. The summed E-state index contributed by atoms with van der Waals surface area (Å²) in [5.41, 5.74) is 7.91. The van der Waals surface area contributed by atoms with E-state index in [0.717, 1.165) is 12.0 Å². The Kier molecular flexibility index (Phi) is 3.69. The molecule has 22 heavy (non-hydrogen) atoms. The summed E-state index contributed by atoms with van der Waals surface area (Å²) in [5, 5.41) is 0. The lowest BCUT2D eigenvalue weighted by atomic mass is 10.1. The van der Waals surface area contributed by atoms with Crippen molar-refractivity contribution in [2.24, 2.45) is 0 Å². The number of aromatic nitrogens is 4. The average molecular weight is 297 g/mol. The predicted octanol–water partition coefficient (Wildman–Crippen LogP) is 1.44. The van der Waals surface area contributed by atoms with Gasteiger partial charge in [-0.2, -0.15) is 0 Å². The first-order valence-electron chi connectivity index (χ1n) is 6.79. The van der Waals surface area contributed by atoms with E-state index >= 15 is 0 Å². The quantitative estimate of drug-likeness (QED) is 0.732. The lowest BCUT2D eigenvalue weighted by Crippen LogP contribution is -2.13. The van der Waals surface area contributed by atoms with Gasteiger partial charge in [-0.05, 0) is 12.0 Å². The molecule has 112 valence electrons. The summed E-state index contributed by atoms with van der Waals surface area (Å²) in [6, 6.07) is 9.97. The molecule has 0 saturated heterocycles. The Hall–Kier alpha value is -2.96. The second-order valence-electron chi connectivity index (χ2n) is 4.75. The summed E-state index contributed by atoms with van der Waals surface area (Å²) in [6.45, 7) is 0.543. The molecule has 0 aliphatic heterocycles. The Labute approximate surface area is 126 Å². The Bertz CT molecular complexity index is 813. The molecular weight excluding hydrogens is 282 g/mol. The van der Waals surface area contributed by atoms with Crippen LogP contribution < -0.4 is 5.73 Å². The molecule has 3 aromatic rings. The third-order valence-electron chi connectivity index (χ3n) is 3.40. The highest BCUT2D eigenvalue weighted by atomic mass is 16.5. The zero-order chi connectivity index (χ0) is 15.5. The summed E-state index contributed by atoms with van der Waals surface area (Å²) in [4.78, 5) is 24.3. The maximum Gasteiger partial charge on any atom is 0.374 e. The van der Waals surface area contributed by atoms with Crippen LogP contribution in [0.15, 0.2) is 36.7 Å². The van der Waals surface area contributed by atoms with Crippen LogP contribution >= 0.6 is 0 Å². The minimum atomic E-state index is -0.523. The molecular formula is C15H15N5O2. The van der Waals surface area contributed by atoms with Crippen molar-refractivity contribution in [3.63, 3.8) is 0 Å². The minimum Gasteiger partial charge on any atom is -0.463 e. The molecule has 0 spiro atoms. The maximum atomic E-state index is 11.9. The number of carbonyl (C=O) groups excluding carboxylic acids is 1. The van der Waals surface area contributed by atoms with Crippen molar-refractivity contribution in [3.05, 3.63) is 48.0 Å². The number of esters is 1. The van der Waals surface area contributed by atoms with E-state index in [1.165, 1.54) is 13.4 Å². The number of anilines is 1. The van der Waals surface area contributed by atoms with E-state index in [0.29, 0.717) is 17.7 Å². The van der Waals surface area contributed by atoms with Crippen molar-refractivity contribution in [3.8, 4) is 0 Å². The molecule has 0 atom stereocenters. The van der Waals surface area contributed by atoms with E-state index in [2.05, 4.69) is 15.0 Å². The number of nitrogen functional groups attached to an aromatic ring is 1. The van der Waals surface area contributed by atoms with Gasteiger partial charge in [-0.15, -0.1) is 0 Å². The van der Waals surface area contributed by atoms with Crippen LogP contribution in [-0.4, -0.2) is 32.6 Å². The summed E-state index contributed by atoms with van der Waals surface area (Å²) >= 11 is 0. The molecule has 0 fully saturated rings. The van der Waals surface area contributed by atoms with Gasteiger partial charge >= 0.3 is 5.97 Å². The second kappa shape index (κ2) is 5.80. The molecule has 2 N–H and O–H groups in total. The van der Waals surface area contributed by atoms with E-state index in [9.17, 15) is 4.79 Å². The van der Waals surface area contributed by atoms with Crippen molar-refractivity contribution in [2.45, 2.75) is 13.0 Å². The molecule has 0 aliphatic rings. The number of benzene rings is 1. The smallest absolute Gasteiger partial charge is 0.374 e. The fourth-order valence-electron chi connectivity index (χ4n) is 2.30. The Morgan fingerprint density at radius 2 is 2.05 bits per heavy atom. The van der Waals surface area contributed by atoms with Gasteiger partial charge in [0.15, 0.2) is 17.0 Å². The summed E-state index contributed by atoms with van der Waals surface area (Å²) in [5.74, 6) is -0.0975. The van der Waals surface area contributed by atoms with Crippen molar-refractivity contribution in [2.75, 3.05) is 12.8 Å². The van der Waals surface area contributed by atoms with Crippen LogP contribution in [0.1, 0.15) is 16.2 Å². The molecule has 0 amide bonds. The zero-order valence-electron chi connectivity index (χ0n) is 12.1. The predicted molar refractivity (Wildman–Crippen MR) is 81.2 cm³/mol. The number of aryl methyl sites for hydroxylation is 2. The molecule has 0 aliphatic carbocycles. The van der Waals surface area contributed by atoms with Gasteiger partial charge in [0.2, 0.25) is 5.82 Å². The largest absolute Gasteiger partial charge is 0.463 e. The molecule has 0 bridgehead atoms. The number of methoxy groups -OCH3 is 1. The van der Waals surface area contributed by atoms with E-state index < -0.39 is 5.97 Å². The molecule has 0 radical (unpaired) electrons. The SMILES string of the molecule is COC(=O)c1nc2c(N)ncnc2n1CCc1ccccc1. The lowest BCUT2D eigenvalue weighted by Gasteiger charge is -2.07. The van der Waals surface area contributed by atoms with E-state index in [-0.39, 0.29) is 11.6 Å². The fraction of sp³-hybridized carbons (Fsp3) is 0.200. The van der Waals surface area contributed by atoms with Gasteiger partial charge in [0.05, 0.1) is 7.11 Å². The van der Waals surface area contributed by atoms with Crippen LogP contribution in [0, 0.1) is 0 Å². The highest BCUT2D eigenvalue weighted by Gasteiger charge is 2.20. The van der Waals surface area contributed by atoms with E-state index in [1.54, 1.807) is 4.57 Å². The summed E-state index contributed by atoms with van der Waals surface area (Å²) in [6.07, 6.45) is 2.10. The molecule has 7 heteroatoms. The van der Waals surface area contributed by atoms with Crippen LogP contribution in [0.4, 0.5) is 5.82 Å². The molecule has 3 rings (SSSR count). The fourth-order valence-corrected chi connectivity index (χ4v) is 2.30. The molecule has 2 heterocycles. The standard InChI is InChI=1S/C15H15N5O2/c1-22-15(21)14-19-11-12(16)17-9-18-13(11)20(14)8-7-10-5-3-2-4-6-10/h2-6,9H,7-8H2,1H3,(H2,16,17,18). The third-order valence-corrected chi connectivity index (χ3v) is 3.40. The molecule has 0 saturated carbocycles. The highest BCUT2D eigenvalue weighted by molar-refractivity contribution is 5.92. The van der Waals surface area contributed by atoms with Crippen molar-refractivity contribution < 1.29 is 9.53 Å². The second-order valence-corrected chi connectivity index (χ2v) is 4.75. The maximum absolute atomic E-state index is 11.9. The van der Waals surface area contributed by atoms with Crippen LogP contribution in [0.5, 0.6) is 0 Å². The third kappa shape index (κ3) is 2.48. The first-order valence-corrected chi connectivity index (χ1v) is 6.79. The number of fused-ring (bicyclic) bond motifs is 1. The van der Waals surface area contributed by atoms with Crippen LogP contribution in [-0.2, 0) is 17.7 Å². The van der Waals surface area contributed by atoms with Crippen molar-refractivity contribution in [1.82, 2.24) is 19.5 Å². The summed E-state index contributed by atoms with van der Waals surface area (Å²) < 4.78 is 6.50. The van der Waals surface area contributed by atoms with Crippen LogP contribution in [0.25, 0.3) is 11.2 Å². The van der Waals surface area contributed by atoms with E-state index in [1.807, 2.05) is 30.3 Å². The Balaban J connectivity index is 2.02. The van der Waals surface area contributed by atoms with Gasteiger partial charge in [0.25, 0.3) is 0 Å². The van der Waals surface area contributed by atoms with Crippen LogP contribution in [0.3, 0.4) is 0 Å². The van der Waals surface area contributed by atoms with Crippen molar-refractivity contribution >= 4 is 23.0 Å². The van der Waals surface area contributed by atoms with Gasteiger partial charge in [-0.25, -0.2) is 19.7 Å². The number of hydrogen-bond acceptors (Lipinski definition) is 6. The number of imidazole rings is 1. The Morgan fingerprint density at radius 3 is 2.77 bits per heavy atom. The van der Waals surface area contributed by atoms with Gasteiger partial charge in [-0.3, -0.25) is 0 Å². The number of ether oxygens (including phenoxy) is 1. The highest BCUT2D eigenvalue weighted by Crippen LogP contribution is 2.19. The average Bonchev–Trinajstić information content (AvgIpc) is 2.93. The number of nitrogens with zero attached hydrogens (tertiary/aromatic N) is 4. The molecule has 1 aromatic carbocycles. The van der Waals surface area contributed by atoms with Gasteiger partial charge in [0.1, 0.15) is 6.33 Å². The van der Waals surface area contributed by atoms with E-state index in [4.69, 9.17) is 10.5 Å². The topological polar surface area (TPSA) is 95.9 Å². The van der Waals surface area contributed by atoms with Gasteiger partial charge in [-0.1, -0.05) is 30.3 Å². The monoisotopic (exact) mass is 297 g/mol. The number of nitrogens with two attached hydrogens (primary N) is 1. The number of rotatable bonds is 4. The lowest BCUT2D eigenvalue weighted by molar-refractivity contribution is 0.0581. The minimum absolute atomic E-state index is 0.181. The van der Waals surface area contributed by atoms with Gasteiger partial charge in [0, 0.05) is 6.54 Å². The number of carbonyl (C=O) groups is 1.